The fraction of sp³-hybridized carbons (Fsp3) is 0.250. The van der Waals surface area contributed by atoms with Crippen LogP contribution < -0.4 is 14.9 Å². The number of hydrogen-bond acceptors (Lipinski definition) is 7. The SMILES string of the molecule is CNS(=O)(=O)c1ccc(N(C)CCO)c(Nc2ncnc3[nH]ccc23)c1. The standard InChI is InChI=1S/C16H20N6O3S/c1-17-26(24,25)11-3-4-14(22(2)7-8-23)13(9-11)21-16-12-5-6-18-15(12)19-10-20-16/h3-6,9-10,17,23H,7-8H2,1-2H3,(H2,18,19,20,21). The Morgan fingerprint density at radius 3 is 2.81 bits per heavy atom. The molecule has 26 heavy (non-hydrogen) atoms. The highest BCUT2D eigenvalue weighted by Crippen LogP contribution is 2.32. The molecule has 2 heterocycles. The number of H-pyrrole nitrogens is 1. The average molecular weight is 376 g/mol. The third-order valence-corrected chi connectivity index (χ3v) is 5.41. The second kappa shape index (κ2) is 7.28. The van der Waals surface area contributed by atoms with Crippen molar-refractivity contribution in [2.75, 3.05) is 37.5 Å². The summed E-state index contributed by atoms with van der Waals surface area (Å²) in [7, 11) is -0.419. The zero-order chi connectivity index (χ0) is 18.7. The number of fused-ring (bicyclic) bond motifs is 1. The van der Waals surface area contributed by atoms with E-state index in [4.69, 9.17) is 0 Å². The fourth-order valence-corrected chi connectivity index (χ4v) is 3.36. The molecule has 4 N–H and O–H groups in total. The van der Waals surface area contributed by atoms with Crippen LogP contribution >= 0.6 is 0 Å². The highest BCUT2D eigenvalue weighted by molar-refractivity contribution is 7.89. The monoisotopic (exact) mass is 376 g/mol. The summed E-state index contributed by atoms with van der Waals surface area (Å²) in [5.41, 5.74) is 1.96. The predicted molar refractivity (Wildman–Crippen MR) is 100 cm³/mol. The lowest BCUT2D eigenvalue weighted by Gasteiger charge is -2.23. The lowest BCUT2D eigenvalue weighted by molar-refractivity contribution is 0.304. The summed E-state index contributed by atoms with van der Waals surface area (Å²) in [5.74, 6) is 0.550. The number of likely N-dealkylation sites (N-methyl/N-ethyl adjacent to an activating group) is 1. The van der Waals surface area contributed by atoms with Gasteiger partial charge in [-0.2, -0.15) is 0 Å². The highest BCUT2D eigenvalue weighted by atomic mass is 32.2. The Balaban J connectivity index is 2.09. The Morgan fingerprint density at radius 1 is 1.27 bits per heavy atom. The van der Waals surface area contributed by atoms with Crippen LogP contribution in [-0.4, -0.2) is 55.7 Å². The molecule has 2 aromatic heterocycles. The highest BCUT2D eigenvalue weighted by Gasteiger charge is 2.17. The third-order valence-electron chi connectivity index (χ3n) is 4.00. The number of nitrogens with one attached hydrogen (secondary N) is 3. The van der Waals surface area contributed by atoms with E-state index in [-0.39, 0.29) is 11.5 Å². The Kier molecular flexibility index (Phi) is 5.07. The molecule has 0 fully saturated rings. The molecule has 10 heteroatoms. The number of aliphatic hydroxyl groups is 1. The molecule has 0 saturated carbocycles. The largest absolute Gasteiger partial charge is 0.395 e. The number of aliphatic hydroxyl groups excluding tert-OH is 1. The van der Waals surface area contributed by atoms with E-state index >= 15 is 0 Å². The molecule has 0 aliphatic heterocycles. The first kappa shape index (κ1) is 18.1. The molecule has 0 aliphatic carbocycles. The van der Waals surface area contributed by atoms with Gasteiger partial charge in [0.15, 0.2) is 0 Å². The fourth-order valence-electron chi connectivity index (χ4n) is 2.60. The van der Waals surface area contributed by atoms with E-state index in [0.717, 1.165) is 11.1 Å². The number of benzene rings is 1. The van der Waals surface area contributed by atoms with Crippen LogP contribution in [0.1, 0.15) is 0 Å². The Bertz CT molecular complexity index is 1020. The molecule has 138 valence electrons. The lowest BCUT2D eigenvalue weighted by atomic mass is 10.2. The van der Waals surface area contributed by atoms with Crippen LogP contribution in [0.25, 0.3) is 11.0 Å². The van der Waals surface area contributed by atoms with Crippen LogP contribution in [0.5, 0.6) is 0 Å². The number of aromatic nitrogens is 3. The van der Waals surface area contributed by atoms with Gasteiger partial charge < -0.3 is 20.3 Å². The van der Waals surface area contributed by atoms with Gasteiger partial charge in [-0.1, -0.05) is 0 Å². The van der Waals surface area contributed by atoms with Gasteiger partial charge in [0.25, 0.3) is 0 Å². The van der Waals surface area contributed by atoms with Crippen molar-refractivity contribution in [1.29, 1.82) is 0 Å². The molecule has 3 rings (SSSR count). The Labute approximate surface area is 151 Å². The smallest absolute Gasteiger partial charge is 0.240 e. The Hall–Kier alpha value is -2.69. The molecule has 0 bridgehead atoms. The minimum absolute atomic E-state index is 0.0257. The molecule has 1 aromatic carbocycles. The summed E-state index contributed by atoms with van der Waals surface area (Å²) in [6, 6.07) is 6.59. The van der Waals surface area contributed by atoms with Gasteiger partial charge in [0.1, 0.15) is 17.8 Å². The number of rotatable bonds is 7. The third kappa shape index (κ3) is 3.47. The zero-order valence-electron chi connectivity index (χ0n) is 14.4. The van der Waals surface area contributed by atoms with Crippen LogP contribution in [0.4, 0.5) is 17.2 Å². The maximum Gasteiger partial charge on any atom is 0.240 e. The minimum Gasteiger partial charge on any atom is -0.395 e. The molecule has 0 radical (unpaired) electrons. The van der Waals surface area contributed by atoms with Crippen LogP contribution in [0, 0.1) is 0 Å². The first-order chi connectivity index (χ1) is 12.5. The van der Waals surface area contributed by atoms with Crippen molar-refractivity contribution in [3.8, 4) is 0 Å². The molecule has 9 nitrogen and oxygen atoms in total. The zero-order valence-corrected chi connectivity index (χ0v) is 15.2. The maximum atomic E-state index is 12.2. The summed E-state index contributed by atoms with van der Waals surface area (Å²) in [6.45, 7) is 0.373. The van der Waals surface area contributed by atoms with E-state index in [0.29, 0.717) is 23.7 Å². The van der Waals surface area contributed by atoms with Crippen molar-refractivity contribution < 1.29 is 13.5 Å². The van der Waals surface area contributed by atoms with E-state index in [9.17, 15) is 13.5 Å². The predicted octanol–water partition coefficient (Wildman–Crippen LogP) is 1.04. The summed E-state index contributed by atoms with van der Waals surface area (Å²) >= 11 is 0. The van der Waals surface area contributed by atoms with E-state index in [1.54, 1.807) is 12.3 Å². The first-order valence-electron chi connectivity index (χ1n) is 7.91. The van der Waals surface area contributed by atoms with E-state index in [1.807, 2.05) is 18.0 Å². The average Bonchev–Trinajstić information content (AvgIpc) is 3.11. The first-order valence-corrected chi connectivity index (χ1v) is 9.39. The number of anilines is 3. The van der Waals surface area contributed by atoms with Gasteiger partial charge in [-0.15, -0.1) is 0 Å². The number of aromatic amines is 1. The molecule has 3 aromatic rings. The summed E-state index contributed by atoms with van der Waals surface area (Å²) in [5, 5.41) is 13.2. The van der Waals surface area contributed by atoms with Crippen molar-refractivity contribution in [3.05, 3.63) is 36.8 Å². The van der Waals surface area contributed by atoms with E-state index in [2.05, 4.69) is 25.0 Å². The number of hydrogen-bond donors (Lipinski definition) is 4. The van der Waals surface area contributed by atoms with Crippen molar-refractivity contribution in [1.82, 2.24) is 19.7 Å². The van der Waals surface area contributed by atoms with E-state index in [1.165, 1.54) is 25.5 Å². The molecule has 0 aliphatic rings. The topological polar surface area (TPSA) is 123 Å². The van der Waals surface area contributed by atoms with Gasteiger partial charge >= 0.3 is 0 Å². The lowest BCUT2D eigenvalue weighted by Crippen LogP contribution is -2.23. The minimum atomic E-state index is -3.60. The molecule has 0 spiro atoms. The molecule has 0 atom stereocenters. The summed E-state index contributed by atoms with van der Waals surface area (Å²) in [6.07, 6.45) is 3.18. The van der Waals surface area contributed by atoms with Crippen LogP contribution in [0.3, 0.4) is 0 Å². The van der Waals surface area contributed by atoms with Gasteiger partial charge in [0.2, 0.25) is 10.0 Å². The Morgan fingerprint density at radius 2 is 2.08 bits per heavy atom. The second-order valence-corrected chi connectivity index (χ2v) is 7.51. The molecule has 0 unspecified atom stereocenters. The summed E-state index contributed by atoms with van der Waals surface area (Å²) < 4.78 is 26.6. The molecule has 0 saturated heterocycles. The van der Waals surface area contributed by atoms with Gasteiger partial charge in [-0.05, 0) is 31.3 Å². The number of nitrogens with zero attached hydrogens (tertiary/aromatic N) is 3. The van der Waals surface area contributed by atoms with Crippen LogP contribution in [0.2, 0.25) is 0 Å². The van der Waals surface area contributed by atoms with Gasteiger partial charge in [0, 0.05) is 19.8 Å². The van der Waals surface area contributed by atoms with Crippen LogP contribution in [-0.2, 0) is 10.0 Å². The molecular weight excluding hydrogens is 356 g/mol. The number of sulfonamides is 1. The van der Waals surface area contributed by atoms with Gasteiger partial charge in [-0.3, -0.25) is 0 Å². The normalized spacial score (nSPS) is 11.7. The van der Waals surface area contributed by atoms with Crippen molar-refractivity contribution in [2.24, 2.45) is 0 Å². The summed E-state index contributed by atoms with van der Waals surface area (Å²) in [4.78, 5) is 13.4. The van der Waals surface area contributed by atoms with Crippen molar-refractivity contribution >= 4 is 38.2 Å². The van der Waals surface area contributed by atoms with Gasteiger partial charge in [-0.25, -0.2) is 23.1 Å². The maximum absolute atomic E-state index is 12.2. The molecule has 0 amide bonds. The quantitative estimate of drug-likeness (QED) is 0.486. The van der Waals surface area contributed by atoms with Crippen LogP contribution in [0.15, 0.2) is 41.7 Å². The second-order valence-electron chi connectivity index (χ2n) is 5.62. The molecular formula is C16H20N6O3S. The van der Waals surface area contributed by atoms with Crippen molar-refractivity contribution in [3.63, 3.8) is 0 Å². The van der Waals surface area contributed by atoms with Gasteiger partial charge in [0.05, 0.1) is 28.3 Å². The van der Waals surface area contributed by atoms with Crippen molar-refractivity contribution in [2.45, 2.75) is 4.90 Å². The van der Waals surface area contributed by atoms with E-state index < -0.39 is 10.0 Å².